The Labute approximate surface area is 159 Å². The number of piperidine rings is 2. The molecule has 0 saturated carbocycles. The molecule has 0 bridgehead atoms. The van der Waals surface area contributed by atoms with Gasteiger partial charge in [-0.3, -0.25) is 14.6 Å². The maximum atomic E-state index is 13.0. The number of carbonyl (C=O) groups excluding carboxylic acids is 2. The Bertz CT molecular complexity index is 832. The van der Waals surface area contributed by atoms with Crippen LogP contribution in [-0.4, -0.2) is 50.8 Å². The number of hydrogen-bond donors (Lipinski definition) is 0. The molecular formula is C21H26N4O2. The van der Waals surface area contributed by atoms with Crippen molar-refractivity contribution in [1.29, 1.82) is 0 Å². The fraction of sp³-hybridized carbons (Fsp3) is 0.476. The molecule has 6 heteroatoms. The van der Waals surface area contributed by atoms with E-state index < -0.39 is 0 Å². The van der Waals surface area contributed by atoms with Crippen LogP contribution < -0.4 is 0 Å². The van der Waals surface area contributed by atoms with E-state index in [9.17, 15) is 9.59 Å². The van der Waals surface area contributed by atoms with Crippen LogP contribution in [0.4, 0.5) is 0 Å². The molecule has 27 heavy (non-hydrogen) atoms. The number of aromatic nitrogens is 2. The summed E-state index contributed by atoms with van der Waals surface area (Å²) in [7, 11) is 1.90. The zero-order chi connectivity index (χ0) is 18.9. The van der Waals surface area contributed by atoms with Crippen LogP contribution in [0.5, 0.6) is 0 Å². The summed E-state index contributed by atoms with van der Waals surface area (Å²) in [6.45, 7) is 2.84. The summed E-state index contributed by atoms with van der Waals surface area (Å²) in [5, 5.41) is 0. The van der Waals surface area contributed by atoms with Crippen molar-refractivity contribution in [2.45, 2.75) is 32.2 Å². The number of rotatable bonds is 3. The van der Waals surface area contributed by atoms with Crippen LogP contribution >= 0.6 is 0 Å². The van der Waals surface area contributed by atoms with E-state index in [0.717, 1.165) is 50.2 Å². The third-order valence-corrected chi connectivity index (χ3v) is 5.96. The van der Waals surface area contributed by atoms with Crippen molar-refractivity contribution in [2.75, 3.05) is 19.6 Å². The Hall–Kier alpha value is -2.63. The van der Waals surface area contributed by atoms with Gasteiger partial charge in [0.05, 0.1) is 0 Å². The van der Waals surface area contributed by atoms with Gasteiger partial charge in [0.2, 0.25) is 5.91 Å². The van der Waals surface area contributed by atoms with E-state index in [2.05, 4.69) is 4.98 Å². The summed E-state index contributed by atoms with van der Waals surface area (Å²) in [4.78, 5) is 33.6. The number of aryl methyl sites for hydroxylation is 1. The van der Waals surface area contributed by atoms with Gasteiger partial charge < -0.3 is 14.4 Å². The van der Waals surface area contributed by atoms with E-state index in [0.29, 0.717) is 13.0 Å². The molecule has 1 atom stereocenters. The van der Waals surface area contributed by atoms with Gasteiger partial charge in [0.25, 0.3) is 5.91 Å². The predicted molar refractivity (Wildman–Crippen MR) is 102 cm³/mol. The molecule has 4 heterocycles. The summed E-state index contributed by atoms with van der Waals surface area (Å²) >= 11 is 0. The van der Waals surface area contributed by atoms with Crippen LogP contribution in [0.15, 0.2) is 42.9 Å². The van der Waals surface area contributed by atoms with E-state index in [1.807, 2.05) is 58.1 Å². The second-order valence-electron chi connectivity index (χ2n) is 7.95. The number of amides is 2. The first-order valence-electron chi connectivity index (χ1n) is 9.64. The Morgan fingerprint density at radius 3 is 2.85 bits per heavy atom. The minimum Gasteiger partial charge on any atom is -0.347 e. The minimum absolute atomic E-state index is 0.00912. The summed E-state index contributed by atoms with van der Waals surface area (Å²) < 4.78 is 1.88. The quantitative estimate of drug-likeness (QED) is 0.838. The number of carbonyl (C=O) groups is 2. The second kappa shape index (κ2) is 7.18. The molecule has 2 aliphatic rings. The van der Waals surface area contributed by atoms with E-state index in [-0.39, 0.29) is 17.2 Å². The number of nitrogens with zero attached hydrogens (tertiary/aromatic N) is 4. The van der Waals surface area contributed by atoms with Gasteiger partial charge in [-0.2, -0.15) is 0 Å². The fourth-order valence-corrected chi connectivity index (χ4v) is 4.52. The molecule has 0 aromatic carbocycles. The molecule has 6 nitrogen and oxygen atoms in total. The molecule has 2 fully saturated rings. The van der Waals surface area contributed by atoms with E-state index >= 15 is 0 Å². The van der Waals surface area contributed by atoms with E-state index in [1.165, 1.54) is 0 Å². The van der Waals surface area contributed by atoms with Crippen molar-refractivity contribution in [3.05, 3.63) is 54.1 Å². The number of pyridine rings is 1. The molecule has 1 spiro atoms. The molecule has 0 radical (unpaired) electrons. The van der Waals surface area contributed by atoms with Gasteiger partial charge in [-0.15, -0.1) is 0 Å². The van der Waals surface area contributed by atoms with Crippen molar-refractivity contribution in [3.63, 3.8) is 0 Å². The average molecular weight is 366 g/mol. The van der Waals surface area contributed by atoms with Crippen LogP contribution in [0.3, 0.4) is 0 Å². The first-order valence-corrected chi connectivity index (χ1v) is 9.64. The predicted octanol–water partition coefficient (Wildman–Crippen LogP) is 2.47. The third kappa shape index (κ3) is 3.61. The molecule has 1 unspecified atom stereocenters. The van der Waals surface area contributed by atoms with Crippen molar-refractivity contribution >= 4 is 11.8 Å². The second-order valence-corrected chi connectivity index (χ2v) is 7.95. The average Bonchev–Trinajstić information content (AvgIpc) is 3.11. The maximum absolute atomic E-state index is 13.0. The van der Waals surface area contributed by atoms with Crippen molar-refractivity contribution in [3.8, 4) is 0 Å². The van der Waals surface area contributed by atoms with Crippen molar-refractivity contribution in [1.82, 2.24) is 19.4 Å². The summed E-state index contributed by atoms with van der Waals surface area (Å²) in [6.07, 6.45) is 8.96. The molecule has 0 aliphatic carbocycles. The lowest BCUT2D eigenvalue weighted by Gasteiger charge is -2.48. The van der Waals surface area contributed by atoms with Gasteiger partial charge in [0.1, 0.15) is 5.69 Å². The highest BCUT2D eigenvalue weighted by Crippen LogP contribution is 2.39. The Balaban J connectivity index is 1.49. The van der Waals surface area contributed by atoms with Gasteiger partial charge in [-0.25, -0.2) is 0 Å². The Morgan fingerprint density at radius 2 is 2.11 bits per heavy atom. The first kappa shape index (κ1) is 17.8. The highest BCUT2D eigenvalue weighted by atomic mass is 16.2. The molecule has 4 rings (SSSR count). The summed E-state index contributed by atoms with van der Waals surface area (Å²) in [5.41, 5.74) is 1.79. The van der Waals surface area contributed by atoms with Gasteiger partial charge in [0.15, 0.2) is 0 Å². The van der Waals surface area contributed by atoms with E-state index in [4.69, 9.17) is 0 Å². The molecule has 2 aliphatic heterocycles. The van der Waals surface area contributed by atoms with Crippen LogP contribution in [0, 0.1) is 5.41 Å². The lowest BCUT2D eigenvalue weighted by molar-refractivity contribution is -0.139. The van der Waals surface area contributed by atoms with Crippen molar-refractivity contribution in [2.24, 2.45) is 12.5 Å². The van der Waals surface area contributed by atoms with E-state index in [1.54, 1.807) is 6.20 Å². The number of likely N-dealkylation sites (tertiary alicyclic amines) is 2. The maximum Gasteiger partial charge on any atom is 0.270 e. The highest BCUT2D eigenvalue weighted by molar-refractivity contribution is 5.92. The lowest BCUT2D eigenvalue weighted by Crippen LogP contribution is -2.55. The van der Waals surface area contributed by atoms with Gasteiger partial charge in [0, 0.05) is 63.7 Å². The molecule has 142 valence electrons. The molecule has 0 N–H and O–H groups in total. The molecule has 2 aromatic heterocycles. The summed E-state index contributed by atoms with van der Waals surface area (Å²) in [5.74, 6) is 0.299. The fourth-order valence-electron chi connectivity index (χ4n) is 4.52. The smallest absolute Gasteiger partial charge is 0.270 e. The molecular weight excluding hydrogens is 340 g/mol. The molecule has 2 amide bonds. The zero-order valence-corrected chi connectivity index (χ0v) is 15.8. The normalized spacial score (nSPS) is 23.1. The van der Waals surface area contributed by atoms with Gasteiger partial charge in [-0.1, -0.05) is 6.07 Å². The van der Waals surface area contributed by atoms with Crippen LogP contribution in [0.2, 0.25) is 0 Å². The minimum atomic E-state index is 0.00912. The Kier molecular flexibility index (Phi) is 4.72. The monoisotopic (exact) mass is 366 g/mol. The zero-order valence-electron chi connectivity index (χ0n) is 15.8. The highest BCUT2D eigenvalue weighted by Gasteiger charge is 2.43. The SMILES string of the molecule is Cn1cccc1C(=O)N1CCCC2(CCC(=O)N(Cc3cccnc3)C2)C1. The Morgan fingerprint density at radius 1 is 1.22 bits per heavy atom. The topological polar surface area (TPSA) is 58.4 Å². The van der Waals surface area contributed by atoms with Crippen LogP contribution in [0.25, 0.3) is 0 Å². The summed E-state index contributed by atoms with van der Waals surface area (Å²) in [6, 6.07) is 7.69. The van der Waals surface area contributed by atoms with Crippen molar-refractivity contribution < 1.29 is 9.59 Å². The molecule has 2 saturated heterocycles. The lowest BCUT2D eigenvalue weighted by atomic mass is 9.73. The van der Waals surface area contributed by atoms with Gasteiger partial charge >= 0.3 is 0 Å². The third-order valence-electron chi connectivity index (χ3n) is 5.96. The first-order chi connectivity index (χ1) is 13.1. The number of hydrogen-bond acceptors (Lipinski definition) is 3. The van der Waals surface area contributed by atoms with Gasteiger partial charge in [-0.05, 0) is 43.0 Å². The van der Waals surface area contributed by atoms with Crippen LogP contribution in [-0.2, 0) is 18.4 Å². The molecule has 2 aromatic rings. The standard InChI is InChI=1S/C21H26N4O2/c1-23-11-3-6-18(23)20(27)24-12-4-8-21(15-24)9-7-19(26)25(16-21)14-17-5-2-10-22-13-17/h2-3,5-6,10-11,13H,4,7-9,12,14-16H2,1H3. The van der Waals surface area contributed by atoms with Crippen LogP contribution in [0.1, 0.15) is 41.7 Å². The largest absolute Gasteiger partial charge is 0.347 e.